The van der Waals surface area contributed by atoms with Gasteiger partial charge in [0.1, 0.15) is 0 Å². The van der Waals surface area contributed by atoms with Gasteiger partial charge >= 0.3 is 0 Å². The zero-order chi connectivity index (χ0) is 18.6. The molecule has 0 aromatic carbocycles. The molecule has 126 valence electrons. The largest absolute Gasteiger partial charge is 0.481 e. The lowest BCUT2D eigenvalue weighted by atomic mass is 9.98. The minimum atomic E-state index is -0.833. The maximum Gasteiger partial charge on any atom is 0.300 e. The van der Waals surface area contributed by atoms with E-state index in [0.29, 0.717) is 5.41 Å². The lowest BCUT2D eigenvalue weighted by molar-refractivity contribution is -0.135. The Bertz CT molecular complexity index is 246. The molecule has 0 saturated carbocycles. The molecular weight excluding hydrogens is 276 g/mol. The summed E-state index contributed by atoms with van der Waals surface area (Å²) in [5, 5.41) is 22.2. The first-order chi connectivity index (χ1) is 9.17. The monoisotopic (exact) mass is 306 g/mol. The molecule has 0 unspecified atom stereocenters. The Morgan fingerprint density at radius 1 is 0.810 bits per heavy atom. The fraction of sp³-hybridized carbons (Fsp3) is 0.533. The van der Waals surface area contributed by atoms with Gasteiger partial charge in [0.25, 0.3) is 17.9 Å². The van der Waals surface area contributed by atoms with Gasteiger partial charge in [-0.2, -0.15) is 0 Å². The molecule has 0 aromatic rings. The van der Waals surface area contributed by atoms with Crippen molar-refractivity contribution in [3.8, 4) is 0 Å². The predicted octanol–water partition coefficient (Wildman–Crippen LogP) is 3.68. The number of allylic oxidation sites excluding steroid dienone is 2. The first-order valence-electron chi connectivity index (χ1n) is 5.97. The summed E-state index contributed by atoms with van der Waals surface area (Å²) >= 11 is 0. The zero-order valence-electron chi connectivity index (χ0n) is 14.1. The highest BCUT2D eigenvalue weighted by Gasteiger charge is 1.99. The summed E-state index contributed by atoms with van der Waals surface area (Å²) in [4.78, 5) is 27.0. The second-order valence-corrected chi connectivity index (χ2v) is 4.54. The highest BCUT2D eigenvalue weighted by Crippen LogP contribution is 2.11. The number of carboxylic acids is 3. The van der Waals surface area contributed by atoms with Gasteiger partial charge in [-0.25, -0.2) is 0 Å². The van der Waals surface area contributed by atoms with Crippen molar-refractivity contribution in [2.45, 2.75) is 48.5 Å². The summed E-state index contributed by atoms with van der Waals surface area (Å²) < 4.78 is 0. The van der Waals surface area contributed by atoms with Crippen LogP contribution >= 0.6 is 0 Å². The Morgan fingerprint density at radius 3 is 0.857 bits per heavy atom. The number of hydrogen-bond acceptors (Lipinski definition) is 3. The molecule has 0 aliphatic carbocycles. The molecule has 0 aliphatic heterocycles. The number of rotatable bonds is 0. The molecule has 0 bridgehead atoms. The summed E-state index contributed by atoms with van der Waals surface area (Å²) in [5.41, 5.74) is 0.306. The number of carbonyl (C=O) groups is 3. The lowest BCUT2D eigenvalue weighted by Gasteiger charge is -2.08. The van der Waals surface area contributed by atoms with Gasteiger partial charge in [-0.05, 0) is 12.3 Å². The highest BCUT2D eigenvalue weighted by atomic mass is 16.4. The van der Waals surface area contributed by atoms with Crippen molar-refractivity contribution in [3.63, 3.8) is 0 Å². The molecule has 0 rings (SSSR count). The average molecular weight is 306 g/mol. The lowest BCUT2D eigenvalue weighted by Crippen LogP contribution is -1.96. The Morgan fingerprint density at radius 2 is 0.857 bits per heavy atom. The molecule has 0 aromatic heterocycles. The Balaban J connectivity index is -0.0000000519. The molecule has 0 aliphatic rings. The van der Waals surface area contributed by atoms with E-state index in [-0.39, 0.29) is 0 Å². The van der Waals surface area contributed by atoms with Gasteiger partial charge in [0, 0.05) is 20.8 Å². The molecule has 21 heavy (non-hydrogen) atoms. The smallest absolute Gasteiger partial charge is 0.300 e. The van der Waals surface area contributed by atoms with Crippen LogP contribution in [0, 0.1) is 5.41 Å². The van der Waals surface area contributed by atoms with E-state index >= 15 is 0 Å². The van der Waals surface area contributed by atoms with Crippen molar-refractivity contribution < 1.29 is 29.7 Å². The van der Waals surface area contributed by atoms with Crippen LogP contribution in [0.4, 0.5) is 0 Å². The topological polar surface area (TPSA) is 112 Å². The van der Waals surface area contributed by atoms with E-state index in [1.54, 1.807) is 6.08 Å². The molecule has 0 heterocycles. The summed E-state index contributed by atoms with van der Waals surface area (Å²) in [7, 11) is 0. The molecule has 6 nitrogen and oxygen atoms in total. The maximum atomic E-state index is 9.00. The molecule has 0 saturated heterocycles. The summed E-state index contributed by atoms with van der Waals surface area (Å²) in [6.45, 7) is 18.5. The standard InChI is InChI=1S/C6H12.C3H6.3C2H4O2/c1-5-6(2,3)4;1-3-2;3*1-2(3)4/h5H,1H2,2-4H3;3H,1H2,2H3;3*1H3,(H,3,4). The number of hydrogen-bond donors (Lipinski definition) is 3. The van der Waals surface area contributed by atoms with Gasteiger partial charge in [0.15, 0.2) is 0 Å². The summed E-state index contributed by atoms with van der Waals surface area (Å²) in [6.07, 6.45) is 3.69. The van der Waals surface area contributed by atoms with Crippen LogP contribution < -0.4 is 0 Å². The Hall–Kier alpha value is -2.11. The van der Waals surface area contributed by atoms with Crippen LogP contribution in [0.5, 0.6) is 0 Å². The van der Waals surface area contributed by atoms with Crippen LogP contribution in [0.15, 0.2) is 25.3 Å². The van der Waals surface area contributed by atoms with Crippen molar-refractivity contribution in [2.24, 2.45) is 5.41 Å². The van der Waals surface area contributed by atoms with E-state index in [2.05, 4.69) is 33.9 Å². The third-order valence-electron chi connectivity index (χ3n) is 0.612. The Labute approximate surface area is 127 Å². The predicted molar refractivity (Wildman–Crippen MR) is 85.5 cm³/mol. The molecule has 6 heteroatoms. The van der Waals surface area contributed by atoms with Crippen molar-refractivity contribution in [1.29, 1.82) is 0 Å². The third-order valence-corrected chi connectivity index (χ3v) is 0.612. The SMILES string of the molecule is C=CC.C=CC(C)(C)C.CC(=O)O.CC(=O)O.CC(=O)O. The minimum Gasteiger partial charge on any atom is -0.481 e. The van der Waals surface area contributed by atoms with Crippen molar-refractivity contribution >= 4 is 17.9 Å². The average Bonchev–Trinajstić information content (AvgIpc) is 2.14. The van der Waals surface area contributed by atoms with Crippen LogP contribution in [0.25, 0.3) is 0 Å². The van der Waals surface area contributed by atoms with Crippen LogP contribution in [0.1, 0.15) is 48.5 Å². The summed E-state index contributed by atoms with van der Waals surface area (Å²) in [6, 6.07) is 0. The second-order valence-electron chi connectivity index (χ2n) is 4.54. The van der Waals surface area contributed by atoms with Crippen LogP contribution in [-0.4, -0.2) is 33.2 Å². The molecule has 0 amide bonds. The van der Waals surface area contributed by atoms with Crippen LogP contribution in [-0.2, 0) is 14.4 Å². The van der Waals surface area contributed by atoms with Crippen LogP contribution in [0.2, 0.25) is 0 Å². The van der Waals surface area contributed by atoms with Crippen molar-refractivity contribution in [1.82, 2.24) is 0 Å². The van der Waals surface area contributed by atoms with Crippen LogP contribution in [0.3, 0.4) is 0 Å². The second kappa shape index (κ2) is 23.0. The fourth-order valence-electron chi connectivity index (χ4n) is 0. The molecule has 3 N–H and O–H groups in total. The van der Waals surface area contributed by atoms with Gasteiger partial charge in [-0.1, -0.05) is 32.9 Å². The zero-order valence-corrected chi connectivity index (χ0v) is 14.1. The van der Waals surface area contributed by atoms with Crippen molar-refractivity contribution in [3.05, 3.63) is 25.3 Å². The van der Waals surface area contributed by atoms with E-state index in [9.17, 15) is 0 Å². The number of carboxylic acid groups (broad SMARTS) is 3. The highest BCUT2D eigenvalue weighted by molar-refractivity contribution is 5.63. The van der Waals surface area contributed by atoms with E-state index < -0.39 is 17.9 Å². The normalized spacial score (nSPS) is 7.38. The quantitative estimate of drug-likeness (QED) is 0.588. The molecular formula is C15H30O6. The summed E-state index contributed by atoms with van der Waals surface area (Å²) in [5.74, 6) is -2.50. The molecule has 0 fully saturated rings. The maximum absolute atomic E-state index is 9.00. The van der Waals surface area contributed by atoms with E-state index in [0.717, 1.165) is 20.8 Å². The van der Waals surface area contributed by atoms with E-state index in [1.165, 1.54) is 0 Å². The van der Waals surface area contributed by atoms with Crippen molar-refractivity contribution in [2.75, 3.05) is 0 Å². The molecule has 0 atom stereocenters. The fourth-order valence-corrected chi connectivity index (χ4v) is 0. The van der Waals surface area contributed by atoms with Gasteiger partial charge in [-0.3, -0.25) is 14.4 Å². The first kappa shape index (κ1) is 31.3. The van der Waals surface area contributed by atoms with Gasteiger partial charge in [-0.15, -0.1) is 13.2 Å². The Kier molecular flexibility index (Phi) is 34.3. The third kappa shape index (κ3) is 5700. The van der Waals surface area contributed by atoms with E-state index in [4.69, 9.17) is 29.7 Å². The van der Waals surface area contributed by atoms with Gasteiger partial charge in [0.2, 0.25) is 0 Å². The first-order valence-corrected chi connectivity index (χ1v) is 5.97. The molecule has 0 spiro atoms. The minimum absolute atomic E-state index is 0.306. The number of aliphatic carboxylic acids is 3. The van der Waals surface area contributed by atoms with Gasteiger partial charge < -0.3 is 15.3 Å². The molecule has 0 radical (unpaired) electrons. The van der Waals surface area contributed by atoms with Gasteiger partial charge in [0.05, 0.1) is 0 Å². The van der Waals surface area contributed by atoms with E-state index in [1.807, 2.05) is 13.0 Å².